The quantitative estimate of drug-likeness (QED) is 0.739. The number of hydrogen-bond donors (Lipinski definition) is 1. The van der Waals surface area contributed by atoms with Crippen molar-refractivity contribution in [2.45, 2.75) is 31.8 Å². The molecule has 20 heavy (non-hydrogen) atoms. The minimum Gasteiger partial charge on any atom is -0.491 e. The van der Waals surface area contributed by atoms with Crippen LogP contribution in [-0.2, 0) is 11.3 Å². The summed E-state index contributed by atoms with van der Waals surface area (Å²) < 4.78 is 11.3. The van der Waals surface area contributed by atoms with Gasteiger partial charge >= 0.3 is 0 Å². The molecule has 1 heterocycles. The molecule has 0 aliphatic carbocycles. The zero-order valence-electron chi connectivity index (χ0n) is 12.4. The van der Waals surface area contributed by atoms with E-state index in [4.69, 9.17) is 15.2 Å². The second kappa shape index (κ2) is 8.25. The Morgan fingerprint density at radius 3 is 2.65 bits per heavy atom. The van der Waals surface area contributed by atoms with Crippen molar-refractivity contribution in [3.8, 4) is 5.75 Å². The predicted octanol–water partition coefficient (Wildman–Crippen LogP) is 2.02. The minimum atomic E-state index is 0.568. The highest BCUT2D eigenvalue weighted by Crippen LogP contribution is 2.17. The summed E-state index contributed by atoms with van der Waals surface area (Å²) in [7, 11) is 2.20. The van der Waals surface area contributed by atoms with Gasteiger partial charge in [0.15, 0.2) is 0 Å². The molecule has 1 fully saturated rings. The van der Waals surface area contributed by atoms with Gasteiger partial charge < -0.3 is 20.1 Å². The molecule has 1 aromatic rings. The van der Waals surface area contributed by atoms with Gasteiger partial charge in [-0.3, -0.25) is 0 Å². The lowest BCUT2D eigenvalue weighted by Crippen LogP contribution is -2.26. The molecule has 4 heteroatoms. The van der Waals surface area contributed by atoms with Crippen molar-refractivity contribution < 1.29 is 9.47 Å². The van der Waals surface area contributed by atoms with Crippen LogP contribution in [0.2, 0.25) is 0 Å². The van der Waals surface area contributed by atoms with Crippen molar-refractivity contribution in [3.05, 3.63) is 29.8 Å². The van der Waals surface area contributed by atoms with Crippen LogP contribution in [0.3, 0.4) is 0 Å². The number of likely N-dealkylation sites (tertiary alicyclic amines) is 1. The third kappa shape index (κ3) is 4.78. The van der Waals surface area contributed by atoms with Gasteiger partial charge in [-0.15, -0.1) is 0 Å². The predicted molar refractivity (Wildman–Crippen MR) is 80.9 cm³/mol. The van der Waals surface area contributed by atoms with Crippen LogP contribution in [0, 0.1) is 0 Å². The van der Waals surface area contributed by atoms with Crippen LogP contribution < -0.4 is 10.5 Å². The SMILES string of the molecule is CN1CCCC1CCOCCOc1ccc(CN)cc1. The molecule has 0 saturated carbocycles. The standard InChI is InChI=1S/C16H26N2O2/c1-18-9-2-3-15(18)8-10-19-11-12-20-16-6-4-14(13-17)5-7-16/h4-7,15H,2-3,8-13,17H2,1H3. The monoisotopic (exact) mass is 278 g/mol. The Morgan fingerprint density at radius 2 is 2.00 bits per heavy atom. The summed E-state index contributed by atoms with van der Waals surface area (Å²) in [5.41, 5.74) is 6.67. The van der Waals surface area contributed by atoms with Crippen molar-refractivity contribution in [3.63, 3.8) is 0 Å². The van der Waals surface area contributed by atoms with E-state index < -0.39 is 0 Å². The van der Waals surface area contributed by atoms with E-state index in [-0.39, 0.29) is 0 Å². The van der Waals surface area contributed by atoms with Crippen LogP contribution in [0.1, 0.15) is 24.8 Å². The Bertz CT molecular complexity index is 381. The maximum Gasteiger partial charge on any atom is 0.119 e. The van der Waals surface area contributed by atoms with E-state index in [1.165, 1.54) is 19.4 Å². The van der Waals surface area contributed by atoms with Crippen LogP contribution in [0.15, 0.2) is 24.3 Å². The minimum absolute atomic E-state index is 0.568. The molecule has 1 aromatic carbocycles. The lowest BCUT2D eigenvalue weighted by molar-refractivity contribution is 0.0863. The largest absolute Gasteiger partial charge is 0.491 e. The Kier molecular flexibility index (Phi) is 6.30. The van der Waals surface area contributed by atoms with Crippen molar-refractivity contribution in [1.29, 1.82) is 0 Å². The average Bonchev–Trinajstić information content (AvgIpc) is 2.89. The first-order chi connectivity index (χ1) is 9.79. The molecule has 0 radical (unpaired) electrons. The maximum absolute atomic E-state index is 5.64. The van der Waals surface area contributed by atoms with Crippen LogP contribution in [0.4, 0.5) is 0 Å². The third-order valence-corrected chi connectivity index (χ3v) is 3.92. The highest BCUT2D eigenvalue weighted by atomic mass is 16.5. The first kappa shape index (κ1) is 15.3. The highest BCUT2D eigenvalue weighted by molar-refractivity contribution is 5.26. The fourth-order valence-corrected chi connectivity index (χ4v) is 2.61. The number of rotatable bonds is 8. The van der Waals surface area contributed by atoms with E-state index in [1.54, 1.807) is 0 Å². The molecule has 0 aromatic heterocycles. The van der Waals surface area contributed by atoms with Crippen LogP contribution in [0.25, 0.3) is 0 Å². The normalized spacial score (nSPS) is 19.4. The van der Waals surface area contributed by atoms with E-state index in [2.05, 4.69) is 11.9 Å². The molecule has 112 valence electrons. The molecule has 1 atom stereocenters. The fraction of sp³-hybridized carbons (Fsp3) is 0.625. The Hall–Kier alpha value is -1.10. The van der Waals surface area contributed by atoms with Crippen LogP contribution in [-0.4, -0.2) is 44.4 Å². The summed E-state index contributed by atoms with van der Waals surface area (Å²) in [6, 6.07) is 8.60. The highest BCUT2D eigenvalue weighted by Gasteiger charge is 2.19. The van der Waals surface area contributed by atoms with Gasteiger partial charge in [0, 0.05) is 19.2 Å². The molecular formula is C16H26N2O2. The van der Waals surface area contributed by atoms with Gasteiger partial charge in [-0.2, -0.15) is 0 Å². The summed E-state index contributed by atoms with van der Waals surface area (Å²) in [6.07, 6.45) is 3.76. The fourth-order valence-electron chi connectivity index (χ4n) is 2.61. The Balaban J connectivity index is 1.52. The summed E-state index contributed by atoms with van der Waals surface area (Å²) >= 11 is 0. The van der Waals surface area contributed by atoms with Gasteiger partial charge in [0.25, 0.3) is 0 Å². The van der Waals surface area contributed by atoms with Gasteiger partial charge in [0.05, 0.1) is 6.61 Å². The first-order valence-corrected chi connectivity index (χ1v) is 7.49. The summed E-state index contributed by atoms with van der Waals surface area (Å²) in [4.78, 5) is 2.43. The maximum atomic E-state index is 5.64. The van der Waals surface area contributed by atoms with Gasteiger partial charge in [-0.1, -0.05) is 12.1 Å². The Labute approximate surface area is 121 Å². The molecule has 1 saturated heterocycles. The van der Waals surface area contributed by atoms with Crippen LogP contribution >= 0.6 is 0 Å². The first-order valence-electron chi connectivity index (χ1n) is 7.49. The molecule has 4 nitrogen and oxygen atoms in total. The number of nitrogens with zero attached hydrogens (tertiary/aromatic N) is 1. The van der Waals surface area contributed by atoms with Crippen molar-refractivity contribution >= 4 is 0 Å². The van der Waals surface area contributed by atoms with Crippen molar-refractivity contribution in [2.75, 3.05) is 33.4 Å². The van der Waals surface area contributed by atoms with E-state index in [0.717, 1.165) is 24.3 Å². The van der Waals surface area contributed by atoms with E-state index in [9.17, 15) is 0 Å². The summed E-state index contributed by atoms with van der Waals surface area (Å²) in [6.45, 7) is 3.87. The van der Waals surface area contributed by atoms with Gasteiger partial charge in [-0.25, -0.2) is 0 Å². The summed E-state index contributed by atoms with van der Waals surface area (Å²) in [5.74, 6) is 0.876. The summed E-state index contributed by atoms with van der Waals surface area (Å²) in [5, 5.41) is 0. The molecule has 0 amide bonds. The lowest BCUT2D eigenvalue weighted by atomic mass is 10.1. The molecule has 1 aliphatic rings. The van der Waals surface area contributed by atoms with E-state index in [0.29, 0.717) is 25.8 Å². The number of ether oxygens (including phenoxy) is 2. The van der Waals surface area contributed by atoms with Crippen molar-refractivity contribution in [2.24, 2.45) is 5.73 Å². The zero-order chi connectivity index (χ0) is 14.2. The lowest BCUT2D eigenvalue weighted by Gasteiger charge is -2.18. The molecule has 0 bridgehead atoms. The van der Waals surface area contributed by atoms with Crippen molar-refractivity contribution in [1.82, 2.24) is 4.90 Å². The zero-order valence-corrected chi connectivity index (χ0v) is 12.4. The molecule has 0 spiro atoms. The molecule has 2 N–H and O–H groups in total. The second-order valence-electron chi connectivity index (χ2n) is 5.37. The van der Waals surface area contributed by atoms with Gasteiger partial charge in [-0.05, 0) is 50.6 Å². The molecule has 1 aliphatic heterocycles. The van der Waals surface area contributed by atoms with Gasteiger partial charge in [0.2, 0.25) is 0 Å². The van der Waals surface area contributed by atoms with E-state index >= 15 is 0 Å². The molecular weight excluding hydrogens is 252 g/mol. The molecule has 1 unspecified atom stereocenters. The third-order valence-electron chi connectivity index (χ3n) is 3.92. The second-order valence-corrected chi connectivity index (χ2v) is 5.37. The van der Waals surface area contributed by atoms with Crippen LogP contribution in [0.5, 0.6) is 5.75 Å². The number of nitrogens with two attached hydrogens (primary N) is 1. The average molecular weight is 278 g/mol. The Morgan fingerprint density at radius 1 is 1.20 bits per heavy atom. The number of benzene rings is 1. The van der Waals surface area contributed by atoms with E-state index in [1.807, 2.05) is 24.3 Å². The molecule has 2 rings (SSSR count). The number of hydrogen-bond acceptors (Lipinski definition) is 4. The topological polar surface area (TPSA) is 47.7 Å². The van der Waals surface area contributed by atoms with Gasteiger partial charge in [0.1, 0.15) is 12.4 Å². The smallest absolute Gasteiger partial charge is 0.119 e.